The van der Waals surface area contributed by atoms with E-state index in [9.17, 15) is 0 Å². The molecule has 1 aromatic rings. The standard InChI is InChI=1S/C12H16N2O2/c15-7-3-1-5-11-9-13-14(10-11)12-6-2-4-8-16-12/h9-10,12,15H,2-4,6-8H2/t12-/m0/s1. The number of aromatic nitrogens is 2. The monoisotopic (exact) mass is 220 g/mol. The predicted octanol–water partition coefficient (Wildman–Crippen LogP) is 1.32. The largest absolute Gasteiger partial charge is 0.395 e. The molecule has 1 aliphatic rings. The maximum Gasteiger partial charge on any atom is 0.150 e. The van der Waals surface area contributed by atoms with E-state index in [1.807, 2.05) is 10.9 Å². The number of rotatable bonds is 2. The SMILES string of the molecule is OCCC#Cc1cnn([C@@H]2CCCCO2)c1. The smallest absolute Gasteiger partial charge is 0.150 e. The van der Waals surface area contributed by atoms with Crippen LogP contribution in [0.1, 0.15) is 37.5 Å². The maximum atomic E-state index is 8.61. The Balaban J connectivity index is 1.99. The van der Waals surface area contributed by atoms with Crippen molar-refractivity contribution >= 4 is 0 Å². The van der Waals surface area contributed by atoms with Crippen molar-refractivity contribution in [2.45, 2.75) is 31.9 Å². The van der Waals surface area contributed by atoms with E-state index >= 15 is 0 Å². The van der Waals surface area contributed by atoms with Gasteiger partial charge in [-0.2, -0.15) is 5.10 Å². The minimum Gasteiger partial charge on any atom is -0.395 e. The zero-order chi connectivity index (χ0) is 11.2. The third kappa shape index (κ3) is 2.84. The molecule has 2 rings (SSSR count). The first kappa shape index (κ1) is 11.2. The third-order valence-corrected chi connectivity index (χ3v) is 2.52. The molecule has 0 aliphatic carbocycles. The van der Waals surface area contributed by atoms with E-state index in [0.717, 1.165) is 25.0 Å². The highest BCUT2D eigenvalue weighted by Crippen LogP contribution is 2.21. The molecule has 4 heteroatoms. The summed E-state index contributed by atoms with van der Waals surface area (Å²) < 4.78 is 7.45. The lowest BCUT2D eigenvalue weighted by Gasteiger charge is -2.22. The number of nitrogens with zero attached hydrogens (tertiary/aromatic N) is 2. The predicted molar refractivity (Wildman–Crippen MR) is 59.6 cm³/mol. The van der Waals surface area contributed by atoms with Gasteiger partial charge in [0.05, 0.1) is 18.4 Å². The fraction of sp³-hybridized carbons (Fsp3) is 0.583. The molecular formula is C12H16N2O2. The topological polar surface area (TPSA) is 47.3 Å². The normalized spacial score (nSPS) is 20.2. The summed E-state index contributed by atoms with van der Waals surface area (Å²) >= 11 is 0. The molecule has 1 aliphatic heterocycles. The van der Waals surface area contributed by atoms with Gasteiger partial charge in [-0.3, -0.25) is 0 Å². The Morgan fingerprint density at radius 1 is 1.56 bits per heavy atom. The molecule has 0 amide bonds. The average Bonchev–Trinajstić information content (AvgIpc) is 2.79. The summed E-state index contributed by atoms with van der Waals surface area (Å²) in [5, 5.41) is 12.9. The van der Waals surface area contributed by atoms with Crippen LogP contribution in [0.25, 0.3) is 0 Å². The Morgan fingerprint density at radius 3 is 3.25 bits per heavy atom. The van der Waals surface area contributed by atoms with Crippen molar-refractivity contribution in [3.8, 4) is 11.8 Å². The molecule has 0 aromatic carbocycles. The fourth-order valence-electron chi connectivity index (χ4n) is 1.71. The Kier molecular flexibility index (Phi) is 3.97. The molecule has 1 fully saturated rings. The summed E-state index contributed by atoms with van der Waals surface area (Å²) in [7, 11) is 0. The fourth-order valence-corrected chi connectivity index (χ4v) is 1.71. The first-order chi connectivity index (χ1) is 7.90. The molecule has 1 aromatic heterocycles. The molecule has 2 heterocycles. The number of ether oxygens (including phenoxy) is 1. The second-order valence-electron chi connectivity index (χ2n) is 3.81. The van der Waals surface area contributed by atoms with E-state index in [1.54, 1.807) is 6.20 Å². The van der Waals surface area contributed by atoms with Gasteiger partial charge in [0.2, 0.25) is 0 Å². The molecular weight excluding hydrogens is 204 g/mol. The molecule has 86 valence electrons. The van der Waals surface area contributed by atoms with E-state index in [0.29, 0.717) is 6.42 Å². The van der Waals surface area contributed by atoms with Crippen LogP contribution in [-0.4, -0.2) is 28.1 Å². The van der Waals surface area contributed by atoms with Crippen LogP contribution in [0.5, 0.6) is 0 Å². The van der Waals surface area contributed by atoms with Crippen molar-refractivity contribution in [3.05, 3.63) is 18.0 Å². The lowest BCUT2D eigenvalue weighted by Crippen LogP contribution is -2.18. The molecule has 16 heavy (non-hydrogen) atoms. The van der Waals surface area contributed by atoms with Crippen molar-refractivity contribution < 1.29 is 9.84 Å². The molecule has 0 radical (unpaired) electrons. The molecule has 4 nitrogen and oxygen atoms in total. The highest BCUT2D eigenvalue weighted by atomic mass is 16.5. The second-order valence-corrected chi connectivity index (χ2v) is 3.81. The van der Waals surface area contributed by atoms with Gasteiger partial charge in [0, 0.05) is 19.2 Å². The molecule has 0 saturated carbocycles. The van der Waals surface area contributed by atoms with Crippen LogP contribution in [0.15, 0.2) is 12.4 Å². The summed E-state index contributed by atoms with van der Waals surface area (Å²) in [6, 6.07) is 0. The molecule has 0 unspecified atom stereocenters. The third-order valence-electron chi connectivity index (χ3n) is 2.52. The van der Waals surface area contributed by atoms with E-state index in [4.69, 9.17) is 9.84 Å². The minimum absolute atomic E-state index is 0.0714. The van der Waals surface area contributed by atoms with Gasteiger partial charge >= 0.3 is 0 Å². The van der Waals surface area contributed by atoms with Crippen molar-refractivity contribution in [1.82, 2.24) is 9.78 Å². The zero-order valence-electron chi connectivity index (χ0n) is 9.22. The lowest BCUT2D eigenvalue weighted by atomic mass is 10.2. The maximum absolute atomic E-state index is 8.61. The lowest BCUT2D eigenvalue weighted by molar-refractivity contribution is -0.0395. The highest BCUT2D eigenvalue weighted by Gasteiger charge is 2.15. The van der Waals surface area contributed by atoms with E-state index in [-0.39, 0.29) is 12.8 Å². The summed E-state index contributed by atoms with van der Waals surface area (Å²) in [5.41, 5.74) is 0.877. The quantitative estimate of drug-likeness (QED) is 0.764. The minimum atomic E-state index is 0.0714. The first-order valence-corrected chi connectivity index (χ1v) is 5.65. The van der Waals surface area contributed by atoms with Crippen molar-refractivity contribution in [2.24, 2.45) is 0 Å². The van der Waals surface area contributed by atoms with Gasteiger partial charge in [0.1, 0.15) is 6.23 Å². The highest BCUT2D eigenvalue weighted by molar-refractivity contribution is 5.29. The Hall–Kier alpha value is -1.31. The van der Waals surface area contributed by atoms with Gasteiger partial charge in [-0.15, -0.1) is 0 Å². The Labute approximate surface area is 95.2 Å². The van der Waals surface area contributed by atoms with E-state index < -0.39 is 0 Å². The number of aliphatic hydroxyl groups is 1. The van der Waals surface area contributed by atoms with Gasteiger partial charge in [0.25, 0.3) is 0 Å². The van der Waals surface area contributed by atoms with Crippen LogP contribution in [-0.2, 0) is 4.74 Å². The number of aliphatic hydroxyl groups excluding tert-OH is 1. The molecule has 0 bridgehead atoms. The summed E-state index contributed by atoms with van der Waals surface area (Å²) in [5.74, 6) is 5.83. The van der Waals surface area contributed by atoms with Gasteiger partial charge < -0.3 is 9.84 Å². The van der Waals surface area contributed by atoms with Gasteiger partial charge in [-0.25, -0.2) is 4.68 Å². The van der Waals surface area contributed by atoms with Crippen LogP contribution in [0, 0.1) is 11.8 Å². The van der Waals surface area contributed by atoms with E-state index in [1.165, 1.54) is 6.42 Å². The first-order valence-electron chi connectivity index (χ1n) is 5.65. The number of hydrogen-bond donors (Lipinski definition) is 1. The van der Waals surface area contributed by atoms with Gasteiger partial charge in [-0.05, 0) is 19.3 Å². The van der Waals surface area contributed by atoms with Crippen LogP contribution < -0.4 is 0 Å². The summed E-state index contributed by atoms with van der Waals surface area (Å²) in [4.78, 5) is 0. The van der Waals surface area contributed by atoms with Crippen LogP contribution >= 0.6 is 0 Å². The molecule has 1 atom stereocenters. The van der Waals surface area contributed by atoms with Crippen LogP contribution in [0.2, 0.25) is 0 Å². The Morgan fingerprint density at radius 2 is 2.50 bits per heavy atom. The average molecular weight is 220 g/mol. The number of hydrogen-bond acceptors (Lipinski definition) is 3. The van der Waals surface area contributed by atoms with Gasteiger partial charge in [-0.1, -0.05) is 11.8 Å². The summed E-state index contributed by atoms with van der Waals surface area (Å²) in [6.07, 6.45) is 7.57. The van der Waals surface area contributed by atoms with Crippen molar-refractivity contribution in [3.63, 3.8) is 0 Å². The van der Waals surface area contributed by atoms with Crippen LogP contribution in [0.3, 0.4) is 0 Å². The molecule has 1 N–H and O–H groups in total. The van der Waals surface area contributed by atoms with Gasteiger partial charge in [0.15, 0.2) is 0 Å². The van der Waals surface area contributed by atoms with E-state index in [2.05, 4.69) is 16.9 Å². The Bertz CT molecular complexity index is 383. The molecule has 1 saturated heterocycles. The van der Waals surface area contributed by atoms with Crippen LogP contribution in [0.4, 0.5) is 0 Å². The zero-order valence-corrected chi connectivity index (χ0v) is 9.22. The van der Waals surface area contributed by atoms with Crippen molar-refractivity contribution in [1.29, 1.82) is 0 Å². The van der Waals surface area contributed by atoms with Crippen molar-refractivity contribution in [2.75, 3.05) is 13.2 Å². The second kappa shape index (κ2) is 5.69. The summed E-state index contributed by atoms with van der Waals surface area (Å²) in [6.45, 7) is 0.920. The molecule has 0 spiro atoms.